The van der Waals surface area contributed by atoms with E-state index in [1.807, 2.05) is 0 Å². The minimum atomic E-state index is 0.717. The van der Waals surface area contributed by atoms with Crippen molar-refractivity contribution in [2.75, 3.05) is 6.54 Å². The lowest BCUT2D eigenvalue weighted by atomic mass is 9.94. The lowest BCUT2D eigenvalue weighted by Crippen LogP contribution is -2.31. The summed E-state index contributed by atoms with van der Waals surface area (Å²) in [5.74, 6) is 0.988. The van der Waals surface area contributed by atoms with Crippen LogP contribution in [-0.4, -0.2) is 12.6 Å². The smallest absolute Gasteiger partial charge is 0.00727 e. The highest BCUT2D eigenvalue weighted by molar-refractivity contribution is 5.21. The van der Waals surface area contributed by atoms with E-state index in [-0.39, 0.29) is 0 Å². The van der Waals surface area contributed by atoms with E-state index in [0.717, 1.165) is 18.5 Å². The van der Waals surface area contributed by atoms with Gasteiger partial charge in [-0.1, -0.05) is 62.4 Å². The summed E-state index contributed by atoms with van der Waals surface area (Å²) < 4.78 is 0. The predicted molar refractivity (Wildman–Crippen MR) is 83.5 cm³/mol. The Balaban J connectivity index is 1.80. The van der Waals surface area contributed by atoms with Gasteiger partial charge in [-0.05, 0) is 44.2 Å². The number of hydrogen-bond acceptors (Lipinski definition) is 1. The zero-order valence-corrected chi connectivity index (χ0v) is 12.6. The normalized spacial score (nSPS) is 17.8. The van der Waals surface area contributed by atoms with Gasteiger partial charge in [0.05, 0.1) is 0 Å². The molecule has 0 heterocycles. The van der Waals surface area contributed by atoms with E-state index in [1.165, 1.54) is 56.1 Å². The average molecular weight is 259 g/mol. The monoisotopic (exact) mass is 259 g/mol. The zero-order valence-electron chi connectivity index (χ0n) is 12.6. The van der Waals surface area contributed by atoms with E-state index in [9.17, 15) is 0 Å². The number of benzene rings is 1. The molecular formula is C18H29N. The van der Waals surface area contributed by atoms with Crippen LogP contribution in [0.2, 0.25) is 0 Å². The molecular weight excluding hydrogens is 230 g/mol. The van der Waals surface area contributed by atoms with Gasteiger partial charge in [0.2, 0.25) is 0 Å². The highest BCUT2D eigenvalue weighted by Gasteiger charge is 2.19. The topological polar surface area (TPSA) is 12.0 Å². The van der Waals surface area contributed by atoms with Crippen LogP contribution in [0.1, 0.15) is 56.6 Å². The summed E-state index contributed by atoms with van der Waals surface area (Å²) in [5.41, 5.74) is 2.85. The molecule has 0 radical (unpaired) electrons. The highest BCUT2D eigenvalue weighted by Crippen LogP contribution is 2.29. The van der Waals surface area contributed by atoms with Crippen LogP contribution in [0.4, 0.5) is 0 Å². The maximum Gasteiger partial charge on any atom is 0.00727 e. The zero-order chi connectivity index (χ0) is 13.5. The van der Waals surface area contributed by atoms with Crippen molar-refractivity contribution in [3.05, 3.63) is 35.4 Å². The first kappa shape index (κ1) is 14.6. The van der Waals surface area contributed by atoms with Crippen molar-refractivity contribution >= 4 is 0 Å². The van der Waals surface area contributed by atoms with Gasteiger partial charge in [0.25, 0.3) is 0 Å². The van der Waals surface area contributed by atoms with E-state index in [2.05, 4.69) is 43.4 Å². The quantitative estimate of drug-likeness (QED) is 0.761. The number of rotatable bonds is 7. The molecule has 0 saturated heterocycles. The lowest BCUT2D eigenvalue weighted by molar-refractivity contribution is 0.376. The number of aryl methyl sites for hydroxylation is 2. The van der Waals surface area contributed by atoms with Crippen molar-refractivity contribution in [1.82, 2.24) is 5.32 Å². The fourth-order valence-corrected chi connectivity index (χ4v) is 3.34. The fraction of sp³-hybridized carbons (Fsp3) is 0.667. The van der Waals surface area contributed by atoms with Crippen molar-refractivity contribution < 1.29 is 0 Å². The van der Waals surface area contributed by atoms with Crippen LogP contribution in [0.25, 0.3) is 0 Å². The van der Waals surface area contributed by atoms with Gasteiger partial charge in [-0.15, -0.1) is 0 Å². The van der Waals surface area contributed by atoms with Crippen LogP contribution in [0.15, 0.2) is 24.3 Å². The minimum Gasteiger partial charge on any atom is -0.314 e. The Hall–Kier alpha value is -0.820. The van der Waals surface area contributed by atoms with E-state index >= 15 is 0 Å². The molecule has 1 heteroatoms. The Kier molecular flexibility index (Phi) is 5.91. The maximum absolute atomic E-state index is 3.69. The molecule has 1 N–H and O–H groups in total. The summed E-state index contributed by atoms with van der Waals surface area (Å²) in [6.07, 6.45) is 9.74. The van der Waals surface area contributed by atoms with Crippen LogP contribution in [-0.2, 0) is 6.42 Å². The van der Waals surface area contributed by atoms with Gasteiger partial charge in [-0.3, -0.25) is 0 Å². The second-order valence-electron chi connectivity index (χ2n) is 6.17. The minimum absolute atomic E-state index is 0.717. The number of hydrogen-bond donors (Lipinski definition) is 1. The first-order chi connectivity index (χ1) is 9.28. The summed E-state index contributed by atoms with van der Waals surface area (Å²) in [6, 6.07) is 9.75. The first-order valence-electron chi connectivity index (χ1n) is 8.07. The standard InChI is InChI=1S/C18H29N/c1-3-19-18(14-17-6-4-5-7-17)13-12-16-10-8-15(2)9-11-16/h8-11,17-19H,3-7,12-14H2,1-2H3. The average Bonchev–Trinajstić information content (AvgIpc) is 2.91. The molecule has 1 unspecified atom stereocenters. The van der Waals surface area contributed by atoms with Gasteiger partial charge in [-0.25, -0.2) is 0 Å². The molecule has 1 fully saturated rings. The van der Waals surface area contributed by atoms with Crippen molar-refractivity contribution in [3.8, 4) is 0 Å². The largest absolute Gasteiger partial charge is 0.314 e. The Bertz CT molecular complexity index is 348. The summed E-state index contributed by atoms with van der Waals surface area (Å²) in [7, 11) is 0. The highest BCUT2D eigenvalue weighted by atomic mass is 14.9. The Morgan fingerprint density at radius 3 is 2.47 bits per heavy atom. The lowest BCUT2D eigenvalue weighted by Gasteiger charge is -2.21. The van der Waals surface area contributed by atoms with Crippen LogP contribution in [0, 0.1) is 12.8 Å². The van der Waals surface area contributed by atoms with Crippen LogP contribution in [0.3, 0.4) is 0 Å². The third-order valence-corrected chi connectivity index (χ3v) is 4.49. The molecule has 1 aliphatic carbocycles. The Labute approximate surface area is 118 Å². The molecule has 1 nitrogen and oxygen atoms in total. The van der Waals surface area contributed by atoms with E-state index in [0.29, 0.717) is 0 Å². The predicted octanol–water partition coefficient (Wildman–Crippen LogP) is 4.49. The molecule has 106 valence electrons. The van der Waals surface area contributed by atoms with Gasteiger partial charge >= 0.3 is 0 Å². The summed E-state index contributed by atoms with van der Waals surface area (Å²) in [4.78, 5) is 0. The molecule has 0 amide bonds. The fourth-order valence-electron chi connectivity index (χ4n) is 3.34. The SMILES string of the molecule is CCNC(CCc1ccc(C)cc1)CC1CCCC1. The van der Waals surface area contributed by atoms with Crippen LogP contribution in [0.5, 0.6) is 0 Å². The van der Waals surface area contributed by atoms with Crippen LogP contribution < -0.4 is 5.32 Å². The summed E-state index contributed by atoms with van der Waals surface area (Å²) in [5, 5.41) is 3.69. The first-order valence-corrected chi connectivity index (χ1v) is 8.07. The molecule has 1 aliphatic rings. The second-order valence-corrected chi connectivity index (χ2v) is 6.17. The molecule has 0 bridgehead atoms. The van der Waals surface area contributed by atoms with E-state index < -0.39 is 0 Å². The van der Waals surface area contributed by atoms with Gasteiger partial charge in [-0.2, -0.15) is 0 Å². The number of nitrogens with one attached hydrogen (secondary N) is 1. The van der Waals surface area contributed by atoms with Crippen molar-refractivity contribution in [3.63, 3.8) is 0 Å². The molecule has 0 aromatic heterocycles. The molecule has 1 saturated carbocycles. The third-order valence-electron chi connectivity index (χ3n) is 4.49. The third kappa shape index (κ3) is 4.99. The summed E-state index contributed by atoms with van der Waals surface area (Å²) in [6.45, 7) is 5.49. The molecule has 1 aromatic carbocycles. The Morgan fingerprint density at radius 1 is 1.16 bits per heavy atom. The molecule has 2 rings (SSSR count). The Morgan fingerprint density at radius 2 is 1.84 bits per heavy atom. The van der Waals surface area contributed by atoms with E-state index in [4.69, 9.17) is 0 Å². The molecule has 0 spiro atoms. The van der Waals surface area contributed by atoms with Crippen molar-refractivity contribution in [2.24, 2.45) is 5.92 Å². The maximum atomic E-state index is 3.69. The van der Waals surface area contributed by atoms with Gasteiger partial charge in [0.15, 0.2) is 0 Å². The van der Waals surface area contributed by atoms with Gasteiger partial charge < -0.3 is 5.32 Å². The van der Waals surface area contributed by atoms with Gasteiger partial charge in [0.1, 0.15) is 0 Å². The van der Waals surface area contributed by atoms with Crippen molar-refractivity contribution in [2.45, 2.75) is 64.8 Å². The summed E-state index contributed by atoms with van der Waals surface area (Å²) >= 11 is 0. The van der Waals surface area contributed by atoms with Crippen LogP contribution >= 0.6 is 0 Å². The van der Waals surface area contributed by atoms with Crippen molar-refractivity contribution in [1.29, 1.82) is 0 Å². The second kappa shape index (κ2) is 7.69. The van der Waals surface area contributed by atoms with E-state index in [1.54, 1.807) is 0 Å². The molecule has 1 aromatic rings. The van der Waals surface area contributed by atoms with Gasteiger partial charge in [0, 0.05) is 6.04 Å². The molecule has 1 atom stereocenters. The molecule has 19 heavy (non-hydrogen) atoms. The molecule has 0 aliphatic heterocycles.